The van der Waals surface area contributed by atoms with E-state index in [4.69, 9.17) is 0 Å². The fourth-order valence-electron chi connectivity index (χ4n) is 6.64. The lowest BCUT2D eigenvalue weighted by Gasteiger charge is -2.25. The molecule has 0 bridgehead atoms. The standard InChI is InChI=1S/C41H32N2/c1-42(34-13-4-2-5-14-34)35-25-23-30(24-26-35)29-19-21-31(22-20-29)37-17-10-18-38-39-27-32-11-8-9-12-33(32)28-40(39)43(41(37)38)36-15-6-3-7-16-36/h2-23,25-28,30H,24H2,1H3. The second-order valence-electron chi connectivity index (χ2n) is 11.4. The molecule has 0 aliphatic heterocycles. The Balaban J connectivity index is 1.19. The zero-order chi connectivity index (χ0) is 28.8. The number of para-hydroxylation sites is 3. The van der Waals surface area contributed by atoms with Crippen LogP contribution in [0.3, 0.4) is 0 Å². The van der Waals surface area contributed by atoms with Crippen molar-refractivity contribution in [1.29, 1.82) is 0 Å². The third-order valence-electron chi connectivity index (χ3n) is 8.93. The molecule has 0 N–H and O–H groups in total. The van der Waals surface area contributed by atoms with Gasteiger partial charge in [-0.05, 0) is 70.8 Å². The van der Waals surface area contributed by atoms with Crippen molar-refractivity contribution in [3.8, 4) is 16.8 Å². The second-order valence-corrected chi connectivity index (χ2v) is 11.4. The van der Waals surface area contributed by atoms with E-state index >= 15 is 0 Å². The van der Waals surface area contributed by atoms with Gasteiger partial charge in [-0.3, -0.25) is 0 Å². The minimum atomic E-state index is 0.376. The van der Waals surface area contributed by atoms with Gasteiger partial charge in [-0.2, -0.15) is 0 Å². The summed E-state index contributed by atoms with van der Waals surface area (Å²) >= 11 is 0. The van der Waals surface area contributed by atoms with Gasteiger partial charge in [0.2, 0.25) is 0 Å². The molecule has 43 heavy (non-hydrogen) atoms. The molecule has 1 aliphatic rings. The highest BCUT2D eigenvalue weighted by Crippen LogP contribution is 2.40. The predicted molar refractivity (Wildman–Crippen MR) is 183 cm³/mol. The van der Waals surface area contributed by atoms with Crippen LogP contribution in [0.2, 0.25) is 0 Å². The molecule has 7 aromatic rings. The summed E-state index contributed by atoms with van der Waals surface area (Å²) in [4.78, 5) is 2.26. The summed E-state index contributed by atoms with van der Waals surface area (Å²) in [6.45, 7) is 0. The van der Waals surface area contributed by atoms with E-state index in [1.165, 1.54) is 66.3 Å². The molecule has 0 saturated heterocycles. The van der Waals surface area contributed by atoms with Crippen molar-refractivity contribution in [2.45, 2.75) is 12.3 Å². The van der Waals surface area contributed by atoms with Crippen molar-refractivity contribution in [2.75, 3.05) is 11.9 Å². The molecular formula is C41H32N2. The molecule has 6 aromatic carbocycles. The van der Waals surface area contributed by atoms with Crippen LogP contribution in [-0.2, 0) is 0 Å². The lowest BCUT2D eigenvalue weighted by Crippen LogP contribution is -2.16. The zero-order valence-corrected chi connectivity index (χ0v) is 24.2. The molecule has 0 spiro atoms. The van der Waals surface area contributed by atoms with Crippen molar-refractivity contribution in [1.82, 2.24) is 4.57 Å². The largest absolute Gasteiger partial charge is 0.345 e. The van der Waals surface area contributed by atoms with Crippen LogP contribution in [0.15, 0.2) is 163 Å². The molecule has 1 heterocycles. The van der Waals surface area contributed by atoms with E-state index in [0.717, 1.165) is 6.42 Å². The second kappa shape index (κ2) is 10.5. The first-order valence-corrected chi connectivity index (χ1v) is 15.0. The van der Waals surface area contributed by atoms with Crippen molar-refractivity contribution < 1.29 is 0 Å². The molecule has 0 amide bonds. The molecule has 1 atom stereocenters. The number of benzene rings is 6. The Morgan fingerprint density at radius 3 is 2.07 bits per heavy atom. The highest BCUT2D eigenvalue weighted by atomic mass is 15.1. The van der Waals surface area contributed by atoms with E-state index < -0.39 is 0 Å². The summed E-state index contributed by atoms with van der Waals surface area (Å²) < 4.78 is 2.44. The monoisotopic (exact) mass is 552 g/mol. The van der Waals surface area contributed by atoms with Gasteiger partial charge in [-0.15, -0.1) is 0 Å². The predicted octanol–water partition coefficient (Wildman–Crippen LogP) is 10.7. The molecule has 206 valence electrons. The average Bonchev–Trinajstić information content (AvgIpc) is 3.41. The summed E-state index contributed by atoms with van der Waals surface area (Å²) in [6, 6.07) is 50.6. The van der Waals surface area contributed by atoms with Gasteiger partial charge in [0.05, 0.1) is 11.0 Å². The summed E-state index contributed by atoms with van der Waals surface area (Å²) in [5.41, 5.74) is 9.94. The quantitative estimate of drug-likeness (QED) is 0.206. The van der Waals surface area contributed by atoms with Crippen LogP contribution in [0, 0.1) is 0 Å². The first-order chi connectivity index (χ1) is 21.2. The smallest absolute Gasteiger partial charge is 0.0619 e. The maximum atomic E-state index is 2.44. The van der Waals surface area contributed by atoms with E-state index in [0.29, 0.717) is 5.92 Å². The van der Waals surface area contributed by atoms with Crippen LogP contribution >= 0.6 is 0 Å². The van der Waals surface area contributed by atoms with Crippen molar-refractivity contribution in [3.05, 3.63) is 169 Å². The summed E-state index contributed by atoms with van der Waals surface area (Å²) in [5, 5.41) is 5.09. The van der Waals surface area contributed by atoms with Crippen molar-refractivity contribution >= 4 is 38.3 Å². The molecule has 2 heteroatoms. The van der Waals surface area contributed by atoms with Gasteiger partial charge in [0, 0.05) is 46.4 Å². The number of rotatable bonds is 5. The molecule has 0 saturated carbocycles. The highest BCUT2D eigenvalue weighted by Gasteiger charge is 2.18. The Morgan fingerprint density at radius 1 is 0.651 bits per heavy atom. The zero-order valence-electron chi connectivity index (χ0n) is 24.2. The summed E-state index contributed by atoms with van der Waals surface area (Å²) in [5.74, 6) is 0.376. The Bertz CT molecular complexity index is 2150. The van der Waals surface area contributed by atoms with Crippen LogP contribution in [-0.4, -0.2) is 11.6 Å². The van der Waals surface area contributed by atoms with E-state index in [1.807, 2.05) is 0 Å². The van der Waals surface area contributed by atoms with Gasteiger partial charge in [0.25, 0.3) is 0 Å². The SMILES string of the molecule is CN(C1=CCC(c2ccc(-c3cccc4c5cc6ccccc6cc5n(-c5ccccc5)c34)cc2)C=C1)c1ccccc1. The van der Waals surface area contributed by atoms with Crippen LogP contribution in [0.4, 0.5) is 5.69 Å². The third-order valence-corrected chi connectivity index (χ3v) is 8.93. The Labute approximate surface area is 252 Å². The van der Waals surface area contributed by atoms with Gasteiger partial charge >= 0.3 is 0 Å². The van der Waals surface area contributed by atoms with Crippen LogP contribution < -0.4 is 4.90 Å². The fourth-order valence-corrected chi connectivity index (χ4v) is 6.64. The number of hydrogen-bond donors (Lipinski definition) is 0. The molecule has 1 aromatic heterocycles. The molecule has 1 unspecified atom stereocenters. The molecule has 1 aliphatic carbocycles. The Morgan fingerprint density at radius 2 is 1.35 bits per heavy atom. The van der Waals surface area contributed by atoms with E-state index in [-0.39, 0.29) is 0 Å². The first kappa shape index (κ1) is 25.4. The molecule has 0 fully saturated rings. The normalized spacial score (nSPS) is 14.8. The Kier molecular flexibility index (Phi) is 6.19. The van der Waals surface area contributed by atoms with Gasteiger partial charge in [-0.25, -0.2) is 0 Å². The van der Waals surface area contributed by atoms with E-state index in [9.17, 15) is 0 Å². The Hall–Kier alpha value is -5.34. The van der Waals surface area contributed by atoms with Gasteiger partial charge in [0.15, 0.2) is 0 Å². The van der Waals surface area contributed by atoms with Gasteiger partial charge in [0.1, 0.15) is 0 Å². The number of fused-ring (bicyclic) bond motifs is 4. The average molecular weight is 553 g/mol. The number of hydrogen-bond acceptors (Lipinski definition) is 1. The summed E-state index contributed by atoms with van der Waals surface area (Å²) in [6.07, 6.45) is 7.96. The number of nitrogens with zero attached hydrogens (tertiary/aromatic N) is 2. The summed E-state index contributed by atoms with van der Waals surface area (Å²) in [7, 11) is 2.14. The first-order valence-electron chi connectivity index (χ1n) is 15.0. The maximum Gasteiger partial charge on any atom is 0.0619 e. The minimum absolute atomic E-state index is 0.376. The topological polar surface area (TPSA) is 8.17 Å². The number of anilines is 1. The minimum Gasteiger partial charge on any atom is -0.345 e. The molecular weight excluding hydrogens is 520 g/mol. The van der Waals surface area contributed by atoms with E-state index in [1.54, 1.807) is 0 Å². The van der Waals surface area contributed by atoms with Crippen LogP contribution in [0.1, 0.15) is 17.9 Å². The fraction of sp³-hybridized carbons (Fsp3) is 0.0732. The highest BCUT2D eigenvalue weighted by molar-refractivity contribution is 6.16. The van der Waals surface area contributed by atoms with Crippen molar-refractivity contribution in [2.24, 2.45) is 0 Å². The molecule has 8 rings (SSSR count). The van der Waals surface area contributed by atoms with Gasteiger partial charge in [-0.1, -0.05) is 115 Å². The third kappa shape index (κ3) is 4.43. The molecule has 2 nitrogen and oxygen atoms in total. The maximum absolute atomic E-state index is 2.44. The lowest BCUT2D eigenvalue weighted by atomic mass is 9.90. The molecule has 0 radical (unpaired) electrons. The number of allylic oxidation sites excluding steroid dienone is 3. The lowest BCUT2D eigenvalue weighted by molar-refractivity contribution is 0.837. The van der Waals surface area contributed by atoms with Crippen molar-refractivity contribution in [3.63, 3.8) is 0 Å². The number of aromatic nitrogens is 1. The van der Waals surface area contributed by atoms with Gasteiger partial charge < -0.3 is 9.47 Å². The van der Waals surface area contributed by atoms with Crippen LogP contribution in [0.25, 0.3) is 49.4 Å². The van der Waals surface area contributed by atoms with E-state index in [2.05, 4.69) is 174 Å². The number of likely N-dealkylation sites (N-methyl/N-ethyl adjacent to an activating group) is 1. The van der Waals surface area contributed by atoms with Crippen LogP contribution in [0.5, 0.6) is 0 Å².